The lowest BCUT2D eigenvalue weighted by atomic mass is 10.2. The molecule has 3 heterocycles. The largest absolute Gasteiger partial charge is 0.451 e. The maximum Gasteiger partial charge on any atom is 0.170 e. The number of hydrogen-bond donors (Lipinski definition) is 0. The third-order valence-electron chi connectivity index (χ3n) is 2.57. The minimum atomic E-state index is 0.519. The van der Waals surface area contributed by atoms with Crippen LogP contribution in [-0.4, -0.2) is 4.98 Å². The second kappa shape index (κ2) is 4.75. The zero-order valence-electron chi connectivity index (χ0n) is 9.63. The minimum absolute atomic E-state index is 0.519. The van der Waals surface area contributed by atoms with Crippen LogP contribution in [0.4, 0.5) is 0 Å². The van der Waals surface area contributed by atoms with Gasteiger partial charge < -0.3 is 8.83 Å². The number of pyridine rings is 1. The van der Waals surface area contributed by atoms with Crippen LogP contribution in [0.1, 0.15) is 5.56 Å². The Morgan fingerprint density at radius 3 is 2.32 bits per heavy atom. The summed E-state index contributed by atoms with van der Waals surface area (Å²) in [5, 5.41) is 8.72. The van der Waals surface area contributed by atoms with Gasteiger partial charge in [-0.05, 0) is 52.3 Å². The van der Waals surface area contributed by atoms with E-state index in [9.17, 15) is 0 Å². The molecule has 5 heteroatoms. The highest BCUT2D eigenvalue weighted by Gasteiger charge is 2.10. The topological polar surface area (TPSA) is 63.0 Å². The predicted octanol–water partition coefficient (Wildman–Crippen LogP) is 4.24. The van der Waals surface area contributed by atoms with Gasteiger partial charge in [-0.2, -0.15) is 5.26 Å². The van der Waals surface area contributed by atoms with Gasteiger partial charge in [0.1, 0.15) is 11.8 Å². The number of halogens is 1. The highest BCUT2D eigenvalue weighted by atomic mass is 79.9. The first kappa shape index (κ1) is 11.8. The molecular formula is C14H7BrN2O2. The molecule has 4 nitrogen and oxygen atoms in total. The van der Waals surface area contributed by atoms with Gasteiger partial charge in [-0.1, -0.05) is 0 Å². The molecule has 0 aliphatic carbocycles. The Labute approximate surface area is 117 Å². The van der Waals surface area contributed by atoms with Crippen molar-refractivity contribution < 1.29 is 8.83 Å². The van der Waals surface area contributed by atoms with Crippen LogP contribution >= 0.6 is 15.9 Å². The van der Waals surface area contributed by atoms with E-state index in [0.29, 0.717) is 33.2 Å². The summed E-state index contributed by atoms with van der Waals surface area (Å²) in [7, 11) is 0. The molecule has 0 saturated carbocycles. The van der Waals surface area contributed by atoms with Crippen LogP contribution < -0.4 is 0 Å². The van der Waals surface area contributed by atoms with Crippen molar-refractivity contribution in [1.82, 2.24) is 4.98 Å². The van der Waals surface area contributed by atoms with E-state index in [2.05, 4.69) is 20.9 Å². The molecule has 3 aromatic rings. The fourth-order valence-electron chi connectivity index (χ4n) is 1.66. The molecule has 0 aromatic carbocycles. The van der Waals surface area contributed by atoms with Crippen molar-refractivity contribution in [2.45, 2.75) is 0 Å². The number of nitriles is 1. The van der Waals surface area contributed by atoms with Crippen molar-refractivity contribution in [2.24, 2.45) is 0 Å². The third-order valence-corrected chi connectivity index (χ3v) is 2.99. The van der Waals surface area contributed by atoms with Crippen molar-refractivity contribution in [3.63, 3.8) is 0 Å². The molecule has 0 amide bonds. The van der Waals surface area contributed by atoms with Gasteiger partial charge in [-0.25, -0.2) is 0 Å². The van der Waals surface area contributed by atoms with Crippen LogP contribution in [0.25, 0.3) is 23.0 Å². The minimum Gasteiger partial charge on any atom is -0.451 e. The van der Waals surface area contributed by atoms with Gasteiger partial charge in [-0.3, -0.25) is 4.98 Å². The van der Waals surface area contributed by atoms with Gasteiger partial charge in [0, 0.05) is 6.20 Å². The van der Waals surface area contributed by atoms with Crippen LogP contribution in [0.5, 0.6) is 0 Å². The predicted molar refractivity (Wildman–Crippen MR) is 72.1 cm³/mol. The van der Waals surface area contributed by atoms with E-state index in [1.807, 2.05) is 24.3 Å². The Bertz CT molecular complexity index is 750. The number of nitrogens with zero attached hydrogens (tertiary/aromatic N) is 2. The van der Waals surface area contributed by atoms with Crippen LogP contribution in [0, 0.1) is 11.3 Å². The van der Waals surface area contributed by atoms with Crippen LogP contribution in [-0.2, 0) is 0 Å². The monoisotopic (exact) mass is 314 g/mol. The van der Waals surface area contributed by atoms with Gasteiger partial charge in [0.05, 0.1) is 5.56 Å². The molecule has 0 radical (unpaired) electrons. The maximum absolute atomic E-state index is 8.72. The smallest absolute Gasteiger partial charge is 0.170 e. The number of rotatable bonds is 2. The first-order chi connectivity index (χ1) is 9.26. The highest BCUT2D eigenvalue weighted by Crippen LogP contribution is 2.30. The Balaban J connectivity index is 1.94. The molecule has 0 aliphatic rings. The summed E-state index contributed by atoms with van der Waals surface area (Å²) in [6, 6.07) is 12.7. The Kier molecular flexibility index (Phi) is 2.94. The van der Waals surface area contributed by atoms with E-state index in [1.165, 1.54) is 6.20 Å². The van der Waals surface area contributed by atoms with Crippen molar-refractivity contribution in [1.29, 1.82) is 5.26 Å². The first-order valence-electron chi connectivity index (χ1n) is 5.48. The van der Waals surface area contributed by atoms with E-state index in [1.54, 1.807) is 18.2 Å². The van der Waals surface area contributed by atoms with Crippen molar-refractivity contribution in [2.75, 3.05) is 0 Å². The summed E-state index contributed by atoms with van der Waals surface area (Å²) in [6.45, 7) is 0. The summed E-state index contributed by atoms with van der Waals surface area (Å²) >= 11 is 3.25. The summed E-state index contributed by atoms with van der Waals surface area (Å²) in [5.41, 5.74) is 1.20. The Morgan fingerprint density at radius 2 is 1.68 bits per heavy atom. The molecule has 0 aliphatic heterocycles. The summed E-state index contributed by atoms with van der Waals surface area (Å²) in [4.78, 5) is 4.18. The molecule has 19 heavy (non-hydrogen) atoms. The normalized spacial score (nSPS) is 10.3. The van der Waals surface area contributed by atoms with E-state index in [-0.39, 0.29) is 0 Å². The average molecular weight is 315 g/mol. The lowest BCUT2D eigenvalue weighted by Crippen LogP contribution is -1.82. The summed E-state index contributed by atoms with van der Waals surface area (Å²) < 4.78 is 11.7. The van der Waals surface area contributed by atoms with E-state index >= 15 is 0 Å². The molecule has 3 aromatic heterocycles. The summed E-state index contributed by atoms with van der Waals surface area (Å²) in [6.07, 6.45) is 1.51. The highest BCUT2D eigenvalue weighted by molar-refractivity contribution is 9.10. The molecule has 0 fully saturated rings. The standard InChI is InChI=1S/C14H7BrN2O2/c15-14-6-5-13(19-14)12-4-3-11(18-12)10-2-1-9(7-16)8-17-10/h1-6,8H. The quantitative estimate of drug-likeness (QED) is 0.709. The third kappa shape index (κ3) is 2.30. The number of hydrogen-bond acceptors (Lipinski definition) is 4. The van der Waals surface area contributed by atoms with Crippen LogP contribution in [0.3, 0.4) is 0 Å². The van der Waals surface area contributed by atoms with E-state index in [0.717, 1.165) is 0 Å². The molecule has 0 spiro atoms. The molecule has 0 N–H and O–H groups in total. The molecule has 0 atom stereocenters. The van der Waals surface area contributed by atoms with Crippen molar-refractivity contribution >= 4 is 15.9 Å². The SMILES string of the molecule is N#Cc1ccc(-c2ccc(-c3ccc(Br)o3)o2)nc1. The molecule has 0 unspecified atom stereocenters. The first-order valence-corrected chi connectivity index (χ1v) is 6.27. The van der Waals surface area contributed by atoms with Crippen LogP contribution in [0.2, 0.25) is 0 Å². The zero-order valence-corrected chi connectivity index (χ0v) is 11.2. The lowest BCUT2D eigenvalue weighted by Gasteiger charge is -1.95. The molecule has 3 rings (SSSR count). The summed E-state index contributed by atoms with van der Waals surface area (Å²) in [5.74, 6) is 1.91. The molecular weight excluding hydrogens is 308 g/mol. The van der Waals surface area contributed by atoms with E-state index < -0.39 is 0 Å². The number of aromatic nitrogens is 1. The van der Waals surface area contributed by atoms with Crippen molar-refractivity contribution in [3.05, 3.63) is 52.8 Å². The fraction of sp³-hybridized carbons (Fsp3) is 0. The van der Waals surface area contributed by atoms with E-state index in [4.69, 9.17) is 14.1 Å². The second-order valence-electron chi connectivity index (χ2n) is 3.81. The Hall–Kier alpha value is -2.32. The molecule has 92 valence electrons. The van der Waals surface area contributed by atoms with Gasteiger partial charge >= 0.3 is 0 Å². The van der Waals surface area contributed by atoms with Crippen LogP contribution in [0.15, 0.2) is 56.1 Å². The van der Waals surface area contributed by atoms with Gasteiger partial charge in [0.2, 0.25) is 0 Å². The fourth-order valence-corrected chi connectivity index (χ4v) is 1.97. The maximum atomic E-state index is 8.72. The van der Waals surface area contributed by atoms with Gasteiger partial charge in [0.25, 0.3) is 0 Å². The molecule has 0 bridgehead atoms. The second-order valence-corrected chi connectivity index (χ2v) is 4.59. The Morgan fingerprint density at radius 1 is 0.947 bits per heavy atom. The van der Waals surface area contributed by atoms with Gasteiger partial charge in [-0.15, -0.1) is 0 Å². The lowest BCUT2D eigenvalue weighted by molar-refractivity contribution is 0.515. The molecule has 0 saturated heterocycles. The van der Waals surface area contributed by atoms with Crippen molar-refractivity contribution in [3.8, 4) is 29.0 Å². The number of furan rings is 2. The zero-order chi connectivity index (χ0) is 13.2. The average Bonchev–Trinajstić information content (AvgIpc) is 3.07. The van der Waals surface area contributed by atoms with Gasteiger partial charge in [0.15, 0.2) is 22.0 Å².